The summed E-state index contributed by atoms with van der Waals surface area (Å²) in [6.45, 7) is 1.94. The van der Waals surface area contributed by atoms with Gasteiger partial charge in [-0.05, 0) is 36.8 Å². The zero-order chi connectivity index (χ0) is 12.3. The number of carbonyl (C=O) groups is 1. The summed E-state index contributed by atoms with van der Waals surface area (Å²) in [6, 6.07) is 14.1. The standard InChI is InChI=1S/C14H11ClO2/c1-10-5-4-6-11(9-10)17-14(16)12-7-2-3-8-13(12)15/h2-9H,1H3. The van der Waals surface area contributed by atoms with Gasteiger partial charge in [0.1, 0.15) is 5.75 Å². The Morgan fingerprint density at radius 2 is 1.88 bits per heavy atom. The SMILES string of the molecule is Cc1cccc(OC(=O)c2ccccc2Cl)c1. The lowest BCUT2D eigenvalue weighted by Crippen LogP contribution is -2.08. The molecule has 0 aliphatic carbocycles. The van der Waals surface area contributed by atoms with E-state index in [1.54, 1.807) is 36.4 Å². The van der Waals surface area contributed by atoms with E-state index in [0.717, 1.165) is 5.56 Å². The molecule has 17 heavy (non-hydrogen) atoms. The highest BCUT2D eigenvalue weighted by Crippen LogP contribution is 2.19. The minimum atomic E-state index is -0.443. The number of hydrogen-bond donors (Lipinski definition) is 0. The van der Waals surface area contributed by atoms with Crippen molar-refractivity contribution in [3.63, 3.8) is 0 Å². The summed E-state index contributed by atoms with van der Waals surface area (Å²) in [5.41, 5.74) is 1.41. The van der Waals surface area contributed by atoms with Crippen molar-refractivity contribution < 1.29 is 9.53 Å². The quantitative estimate of drug-likeness (QED) is 0.594. The van der Waals surface area contributed by atoms with Crippen LogP contribution in [0, 0.1) is 6.92 Å². The summed E-state index contributed by atoms with van der Waals surface area (Å²) in [7, 11) is 0. The highest BCUT2D eigenvalue weighted by atomic mass is 35.5. The van der Waals surface area contributed by atoms with Gasteiger partial charge < -0.3 is 4.74 Å². The van der Waals surface area contributed by atoms with Crippen LogP contribution in [0.5, 0.6) is 5.75 Å². The van der Waals surface area contributed by atoms with E-state index in [1.807, 2.05) is 19.1 Å². The Morgan fingerprint density at radius 3 is 2.59 bits per heavy atom. The molecule has 2 aromatic rings. The molecule has 0 spiro atoms. The predicted octanol–water partition coefficient (Wildman–Crippen LogP) is 3.87. The van der Waals surface area contributed by atoms with Crippen molar-refractivity contribution in [1.29, 1.82) is 0 Å². The Labute approximate surface area is 105 Å². The first-order chi connectivity index (χ1) is 8.16. The van der Waals surface area contributed by atoms with Gasteiger partial charge in [-0.2, -0.15) is 0 Å². The van der Waals surface area contributed by atoms with Crippen LogP contribution in [0.2, 0.25) is 5.02 Å². The molecule has 0 amide bonds. The lowest BCUT2D eigenvalue weighted by Gasteiger charge is -2.06. The summed E-state index contributed by atoms with van der Waals surface area (Å²) >= 11 is 5.92. The molecule has 0 atom stereocenters. The summed E-state index contributed by atoms with van der Waals surface area (Å²) in [5.74, 6) is 0.0797. The van der Waals surface area contributed by atoms with E-state index < -0.39 is 5.97 Å². The van der Waals surface area contributed by atoms with Gasteiger partial charge in [0.25, 0.3) is 0 Å². The molecule has 0 aromatic heterocycles. The van der Waals surface area contributed by atoms with Gasteiger partial charge in [0, 0.05) is 0 Å². The van der Waals surface area contributed by atoms with E-state index in [9.17, 15) is 4.79 Å². The first-order valence-corrected chi connectivity index (χ1v) is 5.58. The number of hydrogen-bond acceptors (Lipinski definition) is 2. The molecule has 0 heterocycles. The fraction of sp³-hybridized carbons (Fsp3) is 0.0714. The van der Waals surface area contributed by atoms with E-state index in [-0.39, 0.29) is 0 Å². The van der Waals surface area contributed by atoms with Crippen molar-refractivity contribution in [2.75, 3.05) is 0 Å². The van der Waals surface area contributed by atoms with Crippen molar-refractivity contribution in [3.8, 4) is 5.75 Å². The molecular weight excluding hydrogens is 236 g/mol. The fourth-order valence-electron chi connectivity index (χ4n) is 1.47. The second kappa shape index (κ2) is 5.02. The Bertz CT molecular complexity index is 549. The van der Waals surface area contributed by atoms with Gasteiger partial charge in [-0.1, -0.05) is 35.9 Å². The number of esters is 1. The van der Waals surface area contributed by atoms with E-state index in [2.05, 4.69) is 0 Å². The Morgan fingerprint density at radius 1 is 1.12 bits per heavy atom. The average molecular weight is 247 g/mol. The lowest BCUT2D eigenvalue weighted by molar-refractivity contribution is 0.0735. The van der Waals surface area contributed by atoms with Gasteiger partial charge in [-0.25, -0.2) is 4.79 Å². The lowest BCUT2D eigenvalue weighted by atomic mass is 10.2. The maximum absolute atomic E-state index is 11.8. The molecule has 3 heteroatoms. The summed E-state index contributed by atoms with van der Waals surface area (Å²) in [6.07, 6.45) is 0. The van der Waals surface area contributed by atoms with Gasteiger partial charge in [0.05, 0.1) is 10.6 Å². The smallest absolute Gasteiger partial charge is 0.345 e. The number of aryl methyl sites for hydroxylation is 1. The van der Waals surface area contributed by atoms with Crippen LogP contribution in [-0.2, 0) is 0 Å². The zero-order valence-corrected chi connectivity index (χ0v) is 10.1. The molecule has 2 nitrogen and oxygen atoms in total. The molecule has 0 radical (unpaired) electrons. The normalized spacial score (nSPS) is 10.0. The number of ether oxygens (including phenoxy) is 1. The second-order valence-corrected chi connectivity index (χ2v) is 4.09. The maximum atomic E-state index is 11.8. The molecule has 2 aromatic carbocycles. The van der Waals surface area contributed by atoms with Crippen molar-refractivity contribution >= 4 is 17.6 Å². The van der Waals surface area contributed by atoms with Gasteiger partial charge in [0.15, 0.2) is 0 Å². The average Bonchev–Trinajstić information content (AvgIpc) is 2.29. The van der Waals surface area contributed by atoms with Crippen molar-refractivity contribution in [1.82, 2.24) is 0 Å². The zero-order valence-electron chi connectivity index (χ0n) is 9.31. The van der Waals surface area contributed by atoms with Crippen LogP contribution in [0.25, 0.3) is 0 Å². The molecule has 0 saturated carbocycles. The van der Waals surface area contributed by atoms with E-state index >= 15 is 0 Å². The molecule has 0 bridgehead atoms. The fourth-order valence-corrected chi connectivity index (χ4v) is 1.68. The minimum Gasteiger partial charge on any atom is -0.423 e. The minimum absolute atomic E-state index is 0.371. The van der Waals surface area contributed by atoms with Crippen LogP contribution in [-0.4, -0.2) is 5.97 Å². The molecule has 0 aliphatic heterocycles. The molecule has 0 aliphatic rings. The molecule has 86 valence electrons. The number of benzene rings is 2. The van der Waals surface area contributed by atoms with Crippen LogP contribution < -0.4 is 4.74 Å². The molecule has 0 N–H and O–H groups in total. The number of carbonyl (C=O) groups excluding carboxylic acids is 1. The first-order valence-electron chi connectivity index (χ1n) is 5.20. The van der Waals surface area contributed by atoms with Crippen LogP contribution in [0.4, 0.5) is 0 Å². The maximum Gasteiger partial charge on any atom is 0.345 e. The number of rotatable bonds is 2. The summed E-state index contributed by atoms with van der Waals surface area (Å²) in [4.78, 5) is 11.8. The Hall–Kier alpha value is -1.80. The highest BCUT2D eigenvalue weighted by Gasteiger charge is 2.11. The first kappa shape index (κ1) is 11.7. The molecule has 0 fully saturated rings. The third-order valence-corrected chi connectivity index (χ3v) is 2.62. The van der Waals surface area contributed by atoms with Crippen LogP contribution in [0.1, 0.15) is 15.9 Å². The molecule has 2 rings (SSSR count). The molecular formula is C14H11ClO2. The van der Waals surface area contributed by atoms with Gasteiger partial charge >= 0.3 is 5.97 Å². The largest absolute Gasteiger partial charge is 0.423 e. The summed E-state index contributed by atoms with van der Waals surface area (Å²) in [5, 5.41) is 0.394. The van der Waals surface area contributed by atoms with Crippen LogP contribution in [0.3, 0.4) is 0 Å². The van der Waals surface area contributed by atoms with Crippen LogP contribution in [0.15, 0.2) is 48.5 Å². The van der Waals surface area contributed by atoms with Gasteiger partial charge in [0.2, 0.25) is 0 Å². The van der Waals surface area contributed by atoms with E-state index in [1.165, 1.54) is 0 Å². The van der Waals surface area contributed by atoms with Crippen molar-refractivity contribution in [3.05, 3.63) is 64.7 Å². The molecule has 0 saturated heterocycles. The topological polar surface area (TPSA) is 26.3 Å². The second-order valence-electron chi connectivity index (χ2n) is 3.69. The molecule has 0 unspecified atom stereocenters. The third kappa shape index (κ3) is 2.86. The number of halogens is 1. The van der Waals surface area contributed by atoms with Gasteiger partial charge in [-0.15, -0.1) is 0 Å². The van der Waals surface area contributed by atoms with Crippen molar-refractivity contribution in [2.24, 2.45) is 0 Å². The third-order valence-electron chi connectivity index (χ3n) is 2.29. The Kier molecular flexibility index (Phi) is 3.45. The monoisotopic (exact) mass is 246 g/mol. The van der Waals surface area contributed by atoms with E-state index in [0.29, 0.717) is 16.3 Å². The van der Waals surface area contributed by atoms with Crippen molar-refractivity contribution in [2.45, 2.75) is 6.92 Å². The highest BCUT2D eigenvalue weighted by molar-refractivity contribution is 6.33. The predicted molar refractivity (Wildman–Crippen MR) is 67.6 cm³/mol. The van der Waals surface area contributed by atoms with Gasteiger partial charge in [-0.3, -0.25) is 0 Å². The Balaban J connectivity index is 2.20. The van der Waals surface area contributed by atoms with E-state index in [4.69, 9.17) is 16.3 Å². The van der Waals surface area contributed by atoms with Crippen LogP contribution >= 0.6 is 11.6 Å². The summed E-state index contributed by atoms with van der Waals surface area (Å²) < 4.78 is 5.24.